The van der Waals surface area contributed by atoms with E-state index in [9.17, 15) is 14.7 Å². The van der Waals surface area contributed by atoms with E-state index in [4.69, 9.17) is 30.1 Å². The third-order valence-corrected chi connectivity index (χ3v) is 12.1. The summed E-state index contributed by atoms with van der Waals surface area (Å²) in [6.07, 6.45) is 10.8. The zero-order chi connectivity index (χ0) is 38.0. The van der Waals surface area contributed by atoms with Crippen LogP contribution < -0.4 is 26.5 Å². The van der Waals surface area contributed by atoms with Gasteiger partial charge in [-0.05, 0) is 81.9 Å². The lowest BCUT2D eigenvalue weighted by atomic mass is 9.71. The van der Waals surface area contributed by atoms with Gasteiger partial charge < -0.3 is 35.2 Å². The van der Waals surface area contributed by atoms with Crippen molar-refractivity contribution in [1.29, 1.82) is 0 Å². The first kappa shape index (κ1) is 33.8. The van der Waals surface area contributed by atoms with Crippen molar-refractivity contribution in [2.24, 2.45) is 16.8 Å². The van der Waals surface area contributed by atoms with Crippen LogP contribution in [0.1, 0.15) is 55.2 Å². The molecule has 280 valence electrons. The van der Waals surface area contributed by atoms with E-state index >= 15 is 0 Å². The number of fused-ring (bicyclic) bond motifs is 9. The summed E-state index contributed by atoms with van der Waals surface area (Å²) in [6.45, 7) is 6.93. The first-order valence-electron chi connectivity index (χ1n) is 18.8. The molecule has 1 spiro atoms. The maximum absolute atomic E-state index is 14.3. The summed E-state index contributed by atoms with van der Waals surface area (Å²) in [4.78, 5) is 42.2. The number of nitrogens with two attached hydrogens (primary N) is 2. The number of nitrogens with zero attached hydrogens (tertiary/aromatic N) is 3. The van der Waals surface area contributed by atoms with E-state index in [1.54, 1.807) is 19.1 Å². The Bertz CT molecular complexity index is 2540. The summed E-state index contributed by atoms with van der Waals surface area (Å²) in [5, 5.41) is 11.7. The Balaban J connectivity index is 0.891. The number of epoxide rings is 1. The lowest BCUT2D eigenvalue weighted by Gasteiger charge is -2.47. The molecular formula is C42H41N6O7+. The van der Waals surface area contributed by atoms with E-state index in [2.05, 4.69) is 33.3 Å². The number of allylic oxidation sites excluding steroid dienone is 2. The number of esters is 1. The van der Waals surface area contributed by atoms with Crippen LogP contribution in [0.5, 0.6) is 11.5 Å². The molecule has 0 amide bonds. The number of aromatic nitrogens is 2. The highest BCUT2D eigenvalue weighted by molar-refractivity contribution is 5.88. The summed E-state index contributed by atoms with van der Waals surface area (Å²) < 4.78 is 25.0. The van der Waals surface area contributed by atoms with Gasteiger partial charge in [0.25, 0.3) is 0 Å². The molecule has 10 rings (SSSR count). The summed E-state index contributed by atoms with van der Waals surface area (Å²) in [5.74, 6) is 0.190. The van der Waals surface area contributed by atoms with Gasteiger partial charge in [-0.25, -0.2) is 14.8 Å². The number of phenols is 1. The highest BCUT2D eigenvalue weighted by Gasteiger charge is 2.70. The fourth-order valence-electron chi connectivity index (χ4n) is 9.59. The number of carbonyl (C=O) groups excluding carboxylic acids is 1. The number of hydrogen-bond acceptors (Lipinski definition) is 12. The van der Waals surface area contributed by atoms with Gasteiger partial charge in [0, 0.05) is 46.9 Å². The highest BCUT2D eigenvalue weighted by atomic mass is 16.7. The monoisotopic (exact) mass is 741 g/mol. The molecule has 4 aromatic rings. The lowest BCUT2D eigenvalue weighted by molar-refractivity contribution is -0.852. The Morgan fingerprint density at radius 3 is 2.71 bits per heavy atom. The first-order chi connectivity index (χ1) is 26.4. The largest absolute Gasteiger partial charge is 0.507 e. The van der Waals surface area contributed by atoms with Crippen molar-refractivity contribution in [1.82, 2.24) is 9.97 Å². The number of aryl methyl sites for hydroxylation is 2. The molecule has 2 fully saturated rings. The molecule has 5 aliphatic heterocycles. The first-order valence-corrected chi connectivity index (χ1v) is 18.8. The summed E-state index contributed by atoms with van der Waals surface area (Å²) in [7, 11) is 0. The molecule has 6 N–H and O–H groups in total. The van der Waals surface area contributed by atoms with E-state index in [-0.39, 0.29) is 40.1 Å². The van der Waals surface area contributed by atoms with Crippen LogP contribution in [-0.4, -0.2) is 57.2 Å². The molecule has 2 saturated heterocycles. The van der Waals surface area contributed by atoms with Crippen molar-refractivity contribution in [3.05, 3.63) is 105 Å². The van der Waals surface area contributed by atoms with Crippen LogP contribution in [0.4, 0.5) is 11.6 Å². The van der Waals surface area contributed by atoms with Crippen LogP contribution in [0.3, 0.4) is 0 Å². The molecule has 13 heteroatoms. The van der Waals surface area contributed by atoms with Crippen molar-refractivity contribution in [3.63, 3.8) is 0 Å². The van der Waals surface area contributed by atoms with Crippen LogP contribution in [0, 0.1) is 18.8 Å². The molecule has 1 unspecified atom stereocenters. The number of benzene rings is 1. The summed E-state index contributed by atoms with van der Waals surface area (Å²) >= 11 is 0. The van der Waals surface area contributed by atoms with Gasteiger partial charge in [0.2, 0.25) is 0 Å². The van der Waals surface area contributed by atoms with Crippen LogP contribution in [0.25, 0.3) is 22.2 Å². The van der Waals surface area contributed by atoms with Gasteiger partial charge in [-0.3, -0.25) is 14.7 Å². The van der Waals surface area contributed by atoms with Crippen LogP contribution in [-0.2, 0) is 27.2 Å². The number of nitrogens with one attached hydrogen (secondary N) is 1. The Morgan fingerprint density at radius 1 is 1.04 bits per heavy atom. The number of phenolic OH excluding ortho intramolecular Hbond substituents is 1. The van der Waals surface area contributed by atoms with E-state index in [1.165, 1.54) is 16.5 Å². The molecule has 3 aromatic heterocycles. The predicted octanol–water partition coefficient (Wildman–Crippen LogP) is 3.82. The van der Waals surface area contributed by atoms with Crippen molar-refractivity contribution >= 4 is 34.8 Å². The Labute approximate surface area is 316 Å². The molecule has 0 saturated carbocycles. The molecule has 1 aromatic carbocycles. The zero-order valence-electron chi connectivity index (χ0n) is 30.7. The van der Waals surface area contributed by atoms with Crippen molar-refractivity contribution in [2.75, 3.05) is 18.0 Å². The van der Waals surface area contributed by atoms with Gasteiger partial charge in [0.05, 0.1) is 17.5 Å². The molecule has 8 heterocycles. The molecule has 55 heavy (non-hydrogen) atoms. The normalized spacial score (nSPS) is 29.2. The zero-order valence-corrected chi connectivity index (χ0v) is 30.7. The number of aliphatic imine (C=N–C) groups is 1. The van der Waals surface area contributed by atoms with Crippen molar-refractivity contribution < 1.29 is 33.4 Å². The summed E-state index contributed by atoms with van der Waals surface area (Å²) in [5.41, 5.74) is 16.4. The number of pyridine rings is 2. The SMILES string of the molecule is Cc1cc(=O)c2c(O)c3c(cc2o1)OC(C)(C)[C@@H]1OC(=O)[C@]2(O[C@@H]2CCc2cc(N)nc(-c4cc(N)nc(C[NH+]5C=C6N=CC=C6C5)c4)c2)[C@@H]2C=C[C@@H](C2)[C@H]31. The maximum Gasteiger partial charge on any atom is 0.342 e. The second kappa shape index (κ2) is 11.9. The second-order valence-electron chi connectivity index (χ2n) is 16.2. The van der Waals surface area contributed by atoms with Gasteiger partial charge in [-0.1, -0.05) is 12.2 Å². The minimum Gasteiger partial charge on any atom is -0.507 e. The third kappa shape index (κ3) is 5.39. The van der Waals surface area contributed by atoms with Crippen molar-refractivity contribution in [3.8, 4) is 22.8 Å². The Kier molecular flexibility index (Phi) is 7.27. The number of aromatic hydroxyl groups is 1. The van der Waals surface area contributed by atoms with E-state index < -0.39 is 29.2 Å². The quantitative estimate of drug-likeness (QED) is 0.128. The van der Waals surface area contributed by atoms with Crippen molar-refractivity contribution in [2.45, 2.75) is 75.9 Å². The number of carbonyl (C=O) groups is 1. The topological polar surface area (TPSA) is 193 Å². The number of rotatable bonds is 6. The fraction of sp³-hybridized carbons (Fsp3) is 0.357. The Hall–Kier alpha value is -5.79. The molecule has 1 aliphatic carbocycles. The van der Waals surface area contributed by atoms with Gasteiger partial charge >= 0.3 is 5.97 Å². The van der Waals surface area contributed by atoms with E-state index in [0.717, 1.165) is 29.1 Å². The third-order valence-electron chi connectivity index (χ3n) is 12.1. The number of quaternary nitrogens is 1. The van der Waals surface area contributed by atoms with Gasteiger partial charge in [-0.2, -0.15) is 0 Å². The van der Waals surface area contributed by atoms with E-state index in [1.807, 2.05) is 44.3 Å². The maximum atomic E-state index is 14.3. The molecular weight excluding hydrogens is 700 g/mol. The smallest absolute Gasteiger partial charge is 0.342 e. The number of hydrogen-bond donors (Lipinski definition) is 4. The average molecular weight is 742 g/mol. The molecule has 6 aliphatic rings. The predicted molar refractivity (Wildman–Crippen MR) is 203 cm³/mol. The minimum atomic E-state index is -1.14. The van der Waals surface area contributed by atoms with Crippen LogP contribution in [0.15, 0.2) is 86.3 Å². The Morgan fingerprint density at radius 2 is 1.87 bits per heavy atom. The molecule has 7 atom stereocenters. The number of anilines is 2. The minimum absolute atomic E-state index is 0.0876. The molecule has 0 radical (unpaired) electrons. The molecule has 2 bridgehead atoms. The second-order valence-corrected chi connectivity index (χ2v) is 16.2. The lowest BCUT2D eigenvalue weighted by Crippen LogP contribution is -3.04. The highest BCUT2D eigenvalue weighted by Crippen LogP contribution is 2.60. The van der Waals surface area contributed by atoms with E-state index in [0.29, 0.717) is 60.2 Å². The molecule has 13 nitrogen and oxygen atoms in total. The van der Waals surface area contributed by atoms with Gasteiger partial charge in [-0.15, -0.1) is 0 Å². The standard InChI is InChI=1S/C42H40N6O7/c1-20-10-29(49)36-30(52-20)16-31-37(38(36)50)35-22-5-6-25(13-22)42(40(51)53-39(35)41(2,3)54-31)32(55-42)7-4-21-11-27(47-33(43)12-21)24-14-26(46-34(44)15-24)18-48-17-23-8-9-45-28(23)19-48/h5-6,8-12,14-16,19,22,25,32,35,39,50H,4,7,13,17-18H2,1-3H3,(H2,43,47)(H2,44,46)/p+1/t22-,25+,32+,35+,39+,42-/m0/s1. The fourth-order valence-corrected chi connectivity index (χ4v) is 9.59. The number of ether oxygens (including phenoxy) is 3. The van der Waals surface area contributed by atoms with Gasteiger partial charge in [0.1, 0.15) is 76.6 Å². The van der Waals surface area contributed by atoms with Crippen LogP contribution in [0.2, 0.25) is 0 Å². The summed E-state index contributed by atoms with van der Waals surface area (Å²) in [6, 6.07) is 10.7. The van der Waals surface area contributed by atoms with Gasteiger partial charge in [0.15, 0.2) is 11.0 Å². The average Bonchev–Trinajstić information content (AvgIpc) is 3.41. The number of nitrogen functional groups attached to an aromatic ring is 2. The van der Waals surface area contributed by atoms with Crippen LogP contribution >= 0.6 is 0 Å².